The Morgan fingerprint density at radius 3 is 2.56 bits per heavy atom. The van der Waals surface area contributed by atoms with Crippen molar-refractivity contribution in [3.63, 3.8) is 0 Å². The molecule has 0 bridgehead atoms. The molecule has 1 fully saturated rings. The zero-order chi connectivity index (χ0) is 6.69. The number of alkyl halides is 1. The van der Waals surface area contributed by atoms with Crippen molar-refractivity contribution in [1.82, 2.24) is 0 Å². The molecule has 2 N–H and O–H groups in total. The van der Waals surface area contributed by atoms with Crippen LogP contribution in [0.1, 0.15) is 25.7 Å². The molecular weight excluding hydrogens is 117 g/mol. The molecule has 1 rings (SSSR count). The van der Waals surface area contributed by atoms with Crippen LogP contribution in [0.5, 0.6) is 0 Å². The lowest BCUT2D eigenvalue weighted by Gasteiger charge is -2.26. The van der Waals surface area contributed by atoms with Crippen molar-refractivity contribution in [3.05, 3.63) is 0 Å². The molecular formula is C7H14FN. The second kappa shape index (κ2) is 3.16. The molecule has 0 aromatic heterocycles. The lowest BCUT2D eigenvalue weighted by atomic mass is 9.82. The second-order valence-electron chi connectivity index (χ2n) is 2.87. The van der Waals surface area contributed by atoms with Crippen LogP contribution in [0.25, 0.3) is 0 Å². The normalized spacial score (nSPS) is 23.3. The first-order valence-corrected chi connectivity index (χ1v) is 3.67. The van der Waals surface area contributed by atoms with Crippen LogP contribution in [-0.2, 0) is 0 Å². The number of hydrogen-bond donors (Lipinski definition) is 1. The summed E-state index contributed by atoms with van der Waals surface area (Å²) in [4.78, 5) is 0. The fourth-order valence-corrected chi connectivity index (χ4v) is 1.19. The minimum Gasteiger partial charge on any atom is -0.328 e. The molecule has 1 saturated carbocycles. The van der Waals surface area contributed by atoms with Crippen LogP contribution in [0.3, 0.4) is 0 Å². The van der Waals surface area contributed by atoms with Gasteiger partial charge in [-0.15, -0.1) is 0 Å². The number of nitrogens with two attached hydrogens (primary N) is 1. The number of halogens is 1. The lowest BCUT2D eigenvalue weighted by Crippen LogP contribution is -2.22. The van der Waals surface area contributed by atoms with Gasteiger partial charge in [0.2, 0.25) is 0 Å². The molecule has 1 aliphatic carbocycles. The molecule has 0 amide bonds. The molecule has 0 heterocycles. The highest BCUT2D eigenvalue weighted by Gasteiger charge is 2.20. The monoisotopic (exact) mass is 131 g/mol. The average Bonchev–Trinajstić information content (AvgIpc) is 1.78. The predicted octanol–water partition coefficient (Wildman–Crippen LogP) is 1.47. The van der Waals surface area contributed by atoms with Gasteiger partial charge in [0, 0.05) is 6.54 Å². The maximum Gasteiger partial charge on any atom is 0.113 e. The highest BCUT2D eigenvalue weighted by atomic mass is 19.1. The van der Waals surface area contributed by atoms with E-state index in [4.69, 9.17) is 5.73 Å². The van der Waals surface area contributed by atoms with Gasteiger partial charge in [-0.05, 0) is 12.3 Å². The minimum atomic E-state index is -0.740. The standard InChI is InChI=1S/C7H14FN/c8-7(5-9)4-6-2-1-3-6/h6-7H,1-5,9H2. The molecule has 1 atom stereocenters. The summed E-state index contributed by atoms with van der Waals surface area (Å²) < 4.78 is 12.5. The van der Waals surface area contributed by atoms with Gasteiger partial charge in [0.15, 0.2) is 0 Å². The van der Waals surface area contributed by atoms with Crippen LogP contribution >= 0.6 is 0 Å². The number of rotatable bonds is 3. The Balaban J connectivity index is 2.01. The summed E-state index contributed by atoms with van der Waals surface area (Å²) in [6.07, 6.45) is 3.70. The molecule has 1 nitrogen and oxygen atoms in total. The first-order valence-electron chi connectivity index (χ1n) is 3.67. The van der Waals surface area contributed by atoms with E-state index in [9.17, 15) is 4.39 Å². The molecule has 0 saturated heterocycles. The molecule has 1 aliphatic rings. The van der Waals surface area contributed by atoms with Crippen LogP contribution in [0.4, 0.5) is 4.39 Å². The average molecular weight is 131 g/mol. The topological polar surface area (TPSA) is 26.0 Å². The summed E-state index contributed by atoms with van der Waals surface area (Å²) in [5, 5.41) is 0. The van der Waals surface area contributed by atoms with E-state index in [0.717, 1.165) is 0 Å². The molecule has 0 aromatic carbocycles. The van der Waals surface area contributed by atoms with Crippen LogP contribution in [0, 0.1) is 5.92 Å². The van der Waals surface area contributed by atoms with Crippen molar-refractivity contribution in [2.75, 3.05) is 6.54 Å². The van der Waals surface area contributed by atoms with E-state index >= 15 is 0 Å². The van der Waals surface area contributed by atoms with Gasteiger partial charge in [0.05, 0.1) is 0 Å². The maximum atomic E-state index is 12.5. The summed E-state index contributed by atoms with van der Waals surface area (Å²) >= 11 is 0. The molecule has 1 unspecified atom stereocenters. The molecule has 9 heavy (non-hydrogen) atoms. The smallest absolute Gasteiger partial charge is 0.113 e. The van der Waals surface area contributed by atoms with Gasteiger partial charge >= 0.3 is 0 Å². The minimum absolute atomic E-state index is 0.205. The zero-order valence-electron chi connectivity index (χ0n) is 5.65. The Morgan fingerprint density at radius 1 is 1.56 bits per heavy atom. The molecule has 0 radical (unpaired) electrons. The van der Waals surface area contributed by atoms with Crippen molar-refractivity contribution in [1.29, 1.82) is 0 Å². The first-order chi connectivity index (χ1) is 4.33. The van der Waals surface area contributed by atoms with Gasteiger partial charge in [-0.3, -0.25) is 0 Å². The summed E-state index contributed by atoms with van der Waals surface area (Å²) in [6, 6.07) is 0. The Morgan fingerprint density at radius 2 is 2.22 bits per heavy atom. The Labute approximate surface area is 55.4 Å². The molecule has 54 valence electrons. The Hall–Kier alpha value is -0.110. The van der Waals surface area contributed by atoms with Gasteiger partial charge in [-0.25, -0.2) is 4.39 Å². The Bertz CT molecular complexity index is 78.2. The predicted molar refractivity (Wildman–Crippen MR) is 35.9 cm³/mol. The molecule has 0 spiro atoms. The molecule has 0 aromatic rings. The van der Waals surface area contributed by atoms with Gasteiger partial charge in [0.1, 0.15) is 6.17 Å². The third-order valence-corrected chi connectivity index (χ3v) is 2.07. The lowest BCUT2D eigenvalue weighted by molar-refractivity contribution is 0.209. The van der Waals surface area contributed by atoms with Crippen molar-refractivity contribution >= 4 is 0 Å². The third kappa shape index (κ3) is 1.94. The largest absolute Gasteiger partial charge is 0.328 e. The summed E-state index contributed by atoms with van der Waals surface area (Å²) in [5.41, 5.74) is 5.12. The van der Waals surface area contributed by atoms with Crippen molar-refractivity contribution in [2.45, 2.75) is 31.9 Å². The fraction of sp³-hybridized carbons (Fsp3) is 1.00. The van der Waals surface area contributed by atoms with E-state index in [1.54, 1.807) is 0 Å². The van der Waals surface area contributed by atoms with Crippen molar-refractivity contribution < 1.29 is 4.39 Å². The van der Waals surface area contributed by atoms with Crippen molar-refractivity contribution in [2.24, 2.45) is 11.7 Å². The quantitative estimate of drug-likeness (QED) is 0.616. The summed E-state index contributed by atoms with van der Waals surface area (Å²) in [6.45, 7) is 0.205. The van der Waals surface area contributed by atoms with Gasteiger partial charge < -0.3 is 5.73 Å². The Kier molecular flexibility index (Phi) is 2.46. The fourth-order valence-electron chi connectivity index (χ4n) is 1.19. The summed E-state index contributed by atoms with van der Waals surface area (Å²) in [7, 11) is 0. The van der Waals surface area contributed by atoms with Gasteiger partial charge in [-0.2, -0.15) is 0 Å². The maximum absolute atomic E-state index is 12.5. The van der Waals surface area contributed by atoms with E-state index in [1.807, 2.05) is 0 Å². The van der Waals surface area contributed by atoms with Gasteiger partial charge in [0.25, 0.3) is 0 Å². The highest BCUT2D eigenvalue weighted by Crippen LogP contribution is 2.30. The third-order valence-electron chi connectivity index (χ3n) is 2.07. The van der Waals surface area contributed by atoms with Crippen LogP contribution in [-0.4, -0.2) is 12.7 Å². The van der Waals surface area contributed by atoms with E-state index in [-0.39, 0.29) is 6.54 Å². The van der Waals surface area contributed by atoms with E-state index in [0.29, 0.717) is 12.3 Å². The highest BCUT2D eigenvalue weighted by molar-refractivity contribution is 4.73. The molecule has 2 heteroatoms. The van der Waals surface area contributed by atoms with Crippen LogP contribution in [0.15, 0.2) is 0 Å². The van der Waals surface area contributed by atoms with E-state index < -0.39 is 6.17 Å². The van der Waals surface area contributed by atoms with Gasteiger partial charge in [-0.1, -0.05) is 19.3 Å². The molecule has 0 aliphatic heterocycles. The zero-order valence-corrected chi connectivity index (χ0v) is 5.65. The number of hydrogen-bond acceptors (Lipinski definition) is 1. The van der Waals surface area contributed by atoms with Crippen LogP contribution in [0.2, 0.25) is 0 Å². The first kappa shape index (κ1) is 7.00. The SMILES string of the molecule is NCC(F)CC1CCC1. The van der Waals surface area contributed by atoms with Crippen LogP contribution < -0.4 is 5.73 Å². The van der Waals surface area contributed by atoms with Crippen molar-refractivity contribution in [3.8, 4) is 0 Å². The van der Waals surface area contributed by atoms with E-state index in [2.05, 4.69) is 0 Å². The summed E-state index contributed by atoms with van der Waals surface area (Å²) in [5.74, 6) is 0.656. The van der Waals surface area contributed by atoms with E-state index in [1.165, 1.54) is 19.3 Å². The second-order valence-corrected chi connectivity index (χ2v) is 2.87.